The predicted molar refractivity (Wildman–Crippen MR) is 78.7 cm³/mol. The summed E-state index contributed by atoms with van der Waals surface area (Å²) in [6, 6.07) is 10.8. The highest BCUT2D eigenvalue weighted by atomic mass is 32.1. The molecule has 3 rings (SSSR count). The Morgan fingerprint density at radius 1 is 1.26 bits per heavy atom. The molecule has 3 heteroatoms. The van der Waals surface area contributed by atoms with E-state index < -0.39 is 0 Å². The molecule has 0 saturated heterocycles. The summed E-state index contributed by atoms with van der Waals surface area (Å²) < 4.78 is 0. The van der Waals surface area contributed by atoms with Gasteiger partial charge in [-0.05, 0) is 41.0 Å². The van der Waals surface area contributed by atoms with Crippen LogP contribution in [0.1, 0.15) is 34.4 Å². The summed E-state index contributed by atoms with van der Waals surface area (Å²) in [5.74, 6) is 0.336. The van der Waals surface area contributed by atoms with Crippen molar-refractivity contribution in [2.45, 2.75) is 25.7 Å². The first-order chi connectivity index (χ1) is 9.25. The summed E-state index contributed by atoms with van der Waals surface area (Å²) in [7, 11) is 0. The molecule has 2 aromatic rings. The van der Waals surface area contributed by atoms with E-state index in [2.05, 4.69) is 41.0 Å². The van der Waals surface area contributed by atoms with Gasteiger partial charge in [-0.1, -0.05) is 24.3 Å². The maximum absolute atomic E-state index is 11.2. The van der Waals surface area contributed by atoms with Crippen LogP contribution in [0.3, 0.4) is 0 Å². The quantitative estimate of drug-likeness (QED) is 0.893. The Labute approximate surface area is 117 Å². The second-order valence-corrected chi connectivity index (χ2v) is 5.99. The maximum Gasteiger partial charge on any atom is 0.216 e. The van der Waals surface area contributed by atoms with Crippen LogP contribution in [0.25, 0.3) is 0 Å². The first kappa shape index (κ1) is 12.4. The number of amides is 1. The highest BCUT2D eigenvalue weighted by molar-refractivity contribution is 7.10. The molecule has 0 aliphatic heterocycles. The van der Waals surface area contributed by atoms with E-state index in [-0.39, 0.29) is 5.91 Å². The molecule has 1 atom stereocenters. The van der Waals surface area contributed by atoms with Crippen LogP contribution >= 0.6 is 11.3 Å². The molecule has 1 aliphatic carbocycles. The lowest BCUT2D eigenvalue weighted by atomic mass is 9.90. The topological polar surface area (TPSA) is 29.1 Å². The monoisotopic (exact) mass is 271 g/mol. The second kappa shape index (κ2) is 5.17. The zero-order valence-corrected chi connectivity index (χ0v) is 11.8. The number of carbonyl (C=O) groups excluding carboxylic acids is 1. The fourth-order valence-corrected chi connectivity index (χ4v) is 3.79. The molecule has 1 heterocycles. The van der Waals surface area contributed by atoms with Crippen LogP contribution in [0, 0.1) is 0 Å². The van der Waals surface area contributed by atoms with Crippen molar-refractivity contribution in [2.24, 2.45) is 0 Å². The molecule has 19 heavy (non-hydrogen) atoms. The van der Waals surface area contributed by atoms with Gasteiger partial charge in [0.15, 0.2) is 0 Å². The van der Waals surface area contributed by atoms with Crippen LogP contribution in [-0.4, -0.2) is 12.5 Å². The van der Waals surface area contributed by atoms with E-state index in [9.17, 15) is 4.79 Å². The predicted octanol–water partition coefficient (Wildman–Crippen LogP) is 3.11. The van der Waals surface area contributed by atoms with Gasteiger partial charge >= 0.3 is 0 Å². The lowest BCUT2D eigenvalue weighted by molar-refractivity contribution is -0.118. The molecule has 1 aliphatic rings. The Balaban J connectivity index is 2.03. The molecule has 0 saturated carbocycles. The molecule has 1 aromatic carbocycles. The highest BCUT2D eigenvalue weighted by Crippen LogP contribution is 2.36. The molecule has 2 nitrogen and oxygen atoms in total. The van der Waals surface area contributed by atoms with Crippen molar-refractivity contribution in [2.75, 3.05) is 6.54 Å². The molecular formula is C16H17NOS. The molecular weight excluding hydrogens is 254 g/mol. The van der Waals surface area contributed by atoms with E-state index in [1.807, 2.05) is 11.3 Å². The summed E-state index contributed by atoms with van der Waals surface area (Å²) >= 11 is 1.83. The van der Waals surface area contributed by atoms with Gasteiger partial charge in [0.2, 0.25) is 5.91 Å². The van der Waals surface area contributed by atoms with Crippen molar-refractivity contribution < 1.29 is 4.79 Å². The molecule has 0 fully saturated rings. The number of hydrogen-bond donors (Lipinski definition) is 1. The number of aryl methyl sites for hydroxylation is 2. The smallest absolute Gasteiger partial charge is 0.216 e. The largest absolute Gasteiger partial charge is 0.355 e. The molecule has 1 N–H and O–H groups in total. The van der Waals surface area contributed by atoms with Gasteiger partial charge in [-0.2, -0.15) is 0 Å². The van der Waals surface area contributed by atoms with Gasteiger partial charge in [-0.25, -0.2) is 0 Å². The third-order valence-electron chi connectivity index (χ3n) is 3.76. The van der Waals surface area contributed by atoms with Crippen LogP contribution in [0.15, 0.2) is 35.7 Å². The Bertz CT molecular complexity index is 602. The molecule has 1 amide bonds. The van der Waals surface area contributed by atoms with Gasteiger partial charge in [0.1, 0.15) is 0 Å². The number of thiophene rings is 1. The van der Waals surface area contributed by atoms with E-state index >= 15 is 0 Å². The van der Waals surface area contributed by atoms with Crippen molar-refractivity contribution in [3.05, 3.63) is 57.3 Å². The van der Waals surface area contributed by atoms with Gasteiger partial charge < -0.3 is 5.32 Å². The second-order valence-electron chi connectivity index (χ2n) is 4.99. The summed E-state index contributed by atoms with van der Waals surface area (Å²) in [6.07, 6.45) is 2.21. The number of carbonyl (C=O) groups is 1. The fraction of sp³-hybridized carbons (Fsp3) is 0.312. The summed E-state index contributed by atoms with van der Waals surface area (Å²) in [6.45, 7) is 2.27. The number of rotatable bonds is 2. The van der Waals surface area contributed by atoms with Crippen molar-refractivity contribution in [3.8, 4) is 0 Å². The van der Waals surface area contributed by atoms with Crippen LogP contribution in [0.5, 0.6) is 0 Å². The van der Waals surface area contributed by atoms with E-state index in [0.717, 1.165) is 12.8 Å². The molecule has 0 radical (unpaired) electrons. The minimum Gasteiger partial charge on any atom is -0.355 e. The number of fused-ring (bicyclic) bond motifs is 2. The number of nitrogens with one attached hydrogen (secondary N) is 1. The first-order valence-electron chi connectivity index (χ1n) is 6.64. The SMILES string of the molecule is CC(=O)NCC1c2ccccc2CCc2sccc21. The summed E-state index contributed by atoms with van der Waals surface area (Å²) in [5.41, 5.74) is 4.18. The summed E-state index contributed by atoms with van der Waals surface area (Å²) in [5, 5.41) is 5.15. The van der Waals surface area contributed by atoms with Gasteiger partial charge in [-0.3, -0.25) is 4.79 Å². The van der Waals surface area contributed by atoms with E-state index in [0.29, 0.717) is 12.5 Å². The molecule has 0 spiro atoms. The van der Waals surface area contributed by atoms with Crippen LogP contribution in [-0.2, 0) is 17.6 Å². The zero-order valence-electron chi connectivity index (χ0n) is 11.0. The van der Waals surface area contributed by atoms with E-state index in [1.54, 1.807) is 6.92 Å². The van der Waals surface area contributed by atoms with E-state index in [4.69, 9.17) is 0 Å². The standard InChI is InChI=1S/C16H17NOS/c1-11(18)17-10-15-13-5-3-2-4-12(13)6-7-16-14(15)8-9-19-16/h2-5,8-9,15H,6-7,10H2,1H3,(H,17,18). The minimum absolute atomic E-state index is 0.0403. The van der Waals surface area contributed by atoms with Crippen LogP contribution in [0.2, 0.25) is 0 Å². The average Bonchev–Trinajstić information content (AvgIpc) is 2.80. The van der Waals surface area contributed by atoms with Gasteiger partial charge in [-0.15, -0.1) is 11.3 Å². The van der Waals surface area contributed by atoms with Gasteiger partial charge in [0.05, 0.1) is 0 Å². The van der Waals surface area contributed by atoms with Crippen molar-refractivity contribution in [3.63, 3.8) is 0 Å². The Morgan fingerprint density at radius 2 is 2.11 bits per heavy atom. The average molecular weight is 271 g/mol. The van der Waals surface area contributed by atoms with E-state index in [1.165, 1.54) is 21.6 Å². The van der Waals surface area contributed by atoms with Gasteiger partial charge in [0.25, 0.3) is 0 Å². The van der Waals surface area contributed by atoms with Crippen LogP contribution in [0.4, 0.5) is 0 Å². The Morgan fingerprint density at radius 3 is 2.95 bits per heavy atom. The van der Waals surface area contributed by atoms with Gasteiger partial charge in [0, 0.05) is 24.3 Å². The van der Waals surface area contributed by atoms with Crippen molar-refractivity contribution >= 4 is 17.2 Å². The third kappa shape index (κ3) is 2.43. The Hall–Kier alpha value is -1.61. The Kier molecular flexibility index (Phi) is 3.38. The molecule has 1 unspecified atom stereocenters. The fourth-order valence-electron chi connectivity index (χ4n) is 2.85. The molecule has 98 valence electrons. The number of hydrogen-bond acceptors (Lipinski definition) is 2. The first-order valence-corrected chi connectivity index (χ1v) is 7.52. The minimum atomic E-state index is 0.0403. The lowest BCUT2D eigenvalue weighted by Crippen LogP contribution is -2.26. The summed E-state index contributed by atoms with van der Waals surface area (Å²) in [4.78, 5) is 12.7. The van der Waals surface area contributed by atoms with Crippen molar-refractivity contribution in [1.29, 1.82) is 0 Å². The van der Waals surface area contributed by atoms with Crippen molar-refractivity contribution in [1.82, 2.24) is 5.32 Å². The molecule has 0 bridgehead atoms. The third-order valence-corrected chi connectivity index (χ3v) is 4.76. The zero-order chi connectivity index (χ0) is 13.2. The van der Waals surface area contributed by atoms with Crippen LogP contribution < -0.4 is 5.32 Å². The normalized spacial score (nSPS) is 17.2. The maximum atomic E-state index is 11.2. The number of benzene rings is 1. The molecule has 1 aromatic heterocycles. The lowest BCUT2D eigenvalue weighted by Gasteiger charge is -2.18. The highest BCUT2D eigenvalue weighted by Gasteiger charge is 2.24.